The molecule has 4 aliphatic rings. The maximum atomic E-state index is 13.0. The van der Waals surface area contributed by atoms with Gasteiger partial charge in [0.25, 0.3) is 0 Å². The van der Waals surface area contributed by atoms with Crippen LogP contribution in [0, 0.1) is 5.92 Å². The minimum Gasteiger partial charge on any atom is -0.506 e. The molecule has 2 N–H and O–H groups in total. The van der Waals surface area contributed by atoms with Crippen molar-refractivity contribution in [3.05, 3.63) is 56.5 Å². The molecule has 6 rings (SSSR count). The van der Waals surface area contributed by atoms with Gasteiger partial charge in [-0.25, -0.2) is 9.59 Å². The molecule has 54 heavy (non-hydrogen) atoms. The third-order valence-corrected chi connectivity index (χ3v) is 12.1. The van der Waals surface area contributed by atoms with Crippen molar-refractivity contribution in [3.8, 4) is 5.75 Å². The van der Waals surface area contributed by atoms with Crippen LogP contribution in [0.5, 0.6) is 5.75 Å². The van der Waals surface area contributed by atoms with Gasteiger partial charge < -0.3 is 34.6 Å². The van der Waals surface area contributed by atoms with Gasteiger partial charge in [0.05, 0.1) is 29.2 Å². The Labute approximate surface area is 335 Å². The molecular weight excluding hydrogens is 824 g/mol. The highest BCUT2D eigenvalue weighted by molar-refractivity contribution is 9.11. The van der Waals surface area contributed by atoms with Crippen LogP contribution in [0.1, 0.15) is 50.7 Å². The summed E-state index contributed by atoms with van der Waals surface area (Å²) in [5, 5.41) is 12.9. The fraction of sp³-hybridized carbons (Fsp3) is 0.590. The molecule has 2 aromatic rings. The number of carbonyl (C=O) groups is 4. The zero-order chi connectivity index (χ0) is 38.8. The van der Waals surface area contributed by atoms with E-state index in [0.29, 0.717) is 54.2 Å². The number of piperazine rings is 1. The van der Waals surface area contributed by atoms with Gasteiger partial charge in [-0.05, 0) is 107 Å². The first-order valence-corrected chi connectivity index (χ1v) is 20.6. The van der Waals surface area contributed by atoms with Crippen molar-refractivity contribution in [1.82, 2.24) is 24.5 Å². The maximum Gasteiger partial charge on any atom is 0.409 e. The zero-order valence-electron chi connectivity index (χ0n) is 31.6. The molecule has 0 radical (unpaired) electrons. The summed E-state index contributed by atoms with van der Waals surface area (Å²) in [6.45, 7) is 11.8. The van der Waals surface area contributed by atoms with Crippen LogP contribution in [0.4, 0.5) is 15.3 Å². The Balaban J connectivity index is 0.000000222. The van der Waals surface area contributed by atoms with Gasteiger partial charge in [-0.3, -0.25) is 19.4 Å². The van der Waals surface area contributed by atoms with Crippen molar-refractivity contribution < 1.29 is 33.8 Å². The highest BCUT2D eigenvalue weighted by atomic mass is 79.9. The number of rotatable bonds is 8. The number of anilines is 1. The molecule has 0 saturated carbocycles. The number of likely N-dealkylation sites (tertiary alicyclic amines) is 2. The SMILES string of the molecule is CCOC(=O)CN1CCC(N2CCN(C(=O)[C@H](C)Cc3cc(Br)c(O)c(Br)c3)CC2)CC1.COC(=O)N1CCC(N2CCc3ccccc3NC2=O)CC1. The molecule has 0 aromatic heterocycles. The second-order valence-corrected chi connectivity index (χ2v) is 16.1. The summed E-state index contributed by atoms with van der Waals surface area (Å²) in [6.07, 6.45) is 4.88. The Kier molecular flexibility index (Phi) is 15.4. The third kappa shape index (κ3) is 11.1. The normalized spacial score (nSPS) is 19.5. The van der Waals surface area contributed by atoms with Gasteiger partial charge in [0.2, 0.25) is 5.91 Å². The number of ether oxygens (including phenoxy) is 2. The monoisotopic (exact) mass is 876 g/mol. The Morgan fingerprint density at radius 1 is 0.889 bits per heavy atom. The largest absolute Gasteiger partial charge is 0.506 e. The van der Waals surface area contributed by atoms with Crippen LogP contribution in [0.15, 0.2) is 45.3 Å². The van der Waals surface area contributed by atoms with E-state index < -0.39 is 0 Å². The topological polar surface area (TPSA) is 135 Å². The predicted octanol–water partition coefficient (Wildman–Crippen LogP) is 5.57. The maximum absolute atomic E-state index is 13.0. The number of nitrogens with one attached hydrogen (secondary N) is 1. The van der Waals surface area contributed by atoms with E-state index >= 15 is 0 Å². The highest BCUT2D eigenvalue weighted by Crippen LogP contribution is 2.34. The van der Waals surface area contributed by atoms with Crippen LogP contribution in [-0.2, 0) is 31.9 Å². The number of aromatic hydroxyl groups is 1. The van der Waals surface area contributed by atoms with E-state index in [9.17, 15) is 24.3 Å². The molecule has 4 aliphatic heterocycles. The van der Waals surface area contributed by atoms with E-state index in [0.717, 1.165) is 82.6 Å². The van der Waals surface area contributed by atoms with Crippen molar-refractivity contribution in [2.45, 2.75) is 64.5 Å². The molecule has 4 heterocycles. The van der Waals surface area contributed by atoms with Crippen molar-refractivity contribution >= 4 is 61.5 Å². The van der Waals surface area contributed by atoms with E-state index in [-0.39, 0.29) is 41.7 Å². The number of phenolic OH excluding ortho intramolecular Hbond substituents is 1. The zero-order valence-corrected chi connectivity index (χ0v) is 34.8. The summed E-state index contributed by atoms with van der Waals surface area (Å²) < 4.78 is 11.1. The second-order valence-electron chi connectivity index (χ2n) is 14.4. The molecule has 0 aliphatic carbocycles. The molecule has 13 nitrogen and oxygen atoms in total. The fourth-order valence-corrected chi connectivity index (χ4v) is 9.14. The summed E-state index contributed by atoms with van der Waals surface area (Å²) in [5.41, 5.74) is 3.09. The number of piperidine rings is 2. The minimum atomic E-state index is -0.286. The van der Waals surface area contributed by atoms with Gasteiger partial charge >= 0.3 is 18.1 Å². The molecular formula is C39H54Br2N6O7. The van der Waals surface area contributed by atoms with Gasteiger partial charge in [0, 0.05) is 82.6 Å². The number of methoxy groups -OCH3 is 1. The Morgan fingerprint density at radius 2 is 1.52 bits per heavy atom. The molecule has 296 valence electrons. The smallest absolute Gasteiger partial charge is 0.409 e. The number of nitrogens with zero attached hydrogens (tertiary/aromatic N) is 5. The van der Waals surface area contributed by atoms with Gasteiger partial charge in [-0.1, -0.05) is 25.1 Å². The number of halogens is 2. The lowest BCUT2D eigenvalue weighted by Crippen LogP contribution is -2.55. The van der Waals surface area contributed by atoms with Crippen molar-refractivity contribution in [1.29, 1.82) is 0 Å². The Hall–Kier alpha value is -3.40. The number of carbonyl (C=O) groups excluding carboxylic acids is 4. The number of para-hydroxylation sites is 1. The Bertz CT molecular complexity index is 1580. The van der Waals surface area contributed by atoms with Crippen LogP contribution in [-0.4, -0.2) is 145 Å². The first kappa shape index (κ1) is 41.8. The van der Waals surface area contributed by atoms with Crippen LogP contribution < -0.4 is 5.32 Å². The molecule has 15 heteroatoms. The summed E-state index contributed by atoms with van der Waals surface area (Å²) >= 11 is 6.72. The summed E-state index contributed by atoms with van der Waals surface area (Å²) in [7, 11) is 1.40. The van der Waals surface area contributed by atoms with E-state index in [1.165, 1.54) is 12.7 Å². The Morgan fingerprint density at radius 3 is 2.15 bits per heavy atom. The summed E-state index contributed by atoms with van der Waals surface area (Å²) in [5.74, 6) is 0.111. The number of fused-ring (bicyclic) bond motifs is 1. The van der Waals surface area contributed by atoms with E-state index in [2.05, 4.69) is 53.0 Å². The number of esters is 1. The minimum absolute atomic E-state index is 0.0403. The second kappa shape index (κ2) is 20.0. The van der Waals surface area contributed by atoms with Crippen LogP contribution in [0.25, 0.3) is 0 Å². The van der Waals surface area contributed by atoms with Gasteiger partial charge in [0.15, 0.2) is 0 Å². The molecule has 0 bridgehead atoms. The molecule has 2 aromatic carbocycles. The van der Waals surface area contributed by atoms with Crippen LogP contribution in [0.3, 0.4) is 0 Å². The highest BCUT2D eigenvalue weighted by Gasteiger charge is 2.33. The van der Waals surface area contributed by atoms with Crippen molar-refractivity contribution in [2.24, 2.45) is 5.92 Å². The van der Waals surface area contributed by atoms with Gasteiger partial charge in [0.1, 0.15) is 5.75 Å². The average molecular weight is 879 g/mol. The molecule has 3 saturated heterocycles. The number of hydrogen-bond acceptors (Lipinski definition) is 9. The first-order valence-electron chi connectivity index (χ1n) is 19.0. The van der Waals surface area contributed by atoms with Crippen molar-refractivity contribution in [3.63, 3.8) is 0 Å². The molecule has 4 amide bonds. The molecule has 3 fully saturated rings. The number of phenols is 1. The average Bonchev–Trinajstić information content (AvgIpc) is 3.35. The quantitative estimate of drug-likeness (QED) is 0.327. The lowest BCUT2D eigenvalue weighted by molar-refractivity contribution is -0.144. The summed E-state index contributed by atoms with van der Waals surface area (Å²) in [4.78, 5) is 59.0. The van der Waals surface area contributed by atoms with Crippen LogP contribution >= 0.6 is 31.9 Å². The number of amides is 4. The number of benzene rings is 2. The van der Waals surface area contributed by atoms with Crippen LogP contribution in [0.2, 0.25) is 0 Å². The standard InChI is InChI=1S/C23H33Br2N3O4.C16H21N3O3/c1-3-32-21(29)15-26-6-4-18(5-7-26)27-8-10-28(11-9-27)23(31)16(2)12-17-13-19(24)22(30)20(25)14-17;1-22-16(21)18-9-7-13(8-10-18)19-11-6-12-4-2-3-5-14(12)17-15(19)20/h13-14,16,18,30H,3-12,15H2,1-2H3;2-5,13H,6-11H2,1H3,(H,17,20)/t16-;/m1./s1. The van der Waals surface area contributed by atoms with E-state index in [4.69, 9.17) is 9.47 Å². The van der Waals surface area contributed by atoms with Gasteiger partial charge in [-0.2, -0.15) is 0 Å². The van der Waals surface area contributed by atoms with Gasteiger partial charge in [-0.15, -0.1) is 0 Å². The molecule has 0 unspecified atom stereocenters. The van der Waals surface area contributed by atoms with Crippen molar-refractivity contribution in [2.75, 3.05) is 84.5 Å². The number of hydrogen-bond donors (Lipinski definition) is 2. The summed E-state index contributed by atoms with van der Waals surface area (Å²) in [6, 6.07) is 12.3. The molecule has 1 atom stereocenters. The lowest BCUT2D eigenvalue weighted by Gasteiger charge is -2.43. The van der Waals surface area contributed by atoms with E-state index in [1.807, 2.05) is 54.0 Å². The first-order chi connectivity index (χ1) is 26.0. The molecule has 0 spiro atoms. The van der Waals surface area contributed by atoms with E-state index in [1.54, 1.807) is 4.90 Å². The predicted molar refractivity (Wildman–Crippen MR) is 213 cm³/mol. The fourth-order valence-electron chi connectivity index (χ4n) is 7.85. The lowest BCUT2D eigenvalue weighted by atomic mass is 9.98. The number of urea groups is 1. The third-order valence-electron chi connectivity index (χ3n) is 10.9.